The Morgan fingerprint density at radius 2 is 1.56 bits per heavy atom. The van der Waals surface area contributed by atoms with Crippen molar-refractivity contribution in [2.24, 2.45) is 0 Å². The van der Waals surface area contributed by atoms with Crippen molar-refractivity contribution in [2.45, 2.75) is 19.1 Å². The van der Waals surface area contributed by atoms with E-state index >= 15 is 0 Å². The highest BCUT2D eigenvalue weighted by Gasteiger charge is 2.25. The van der Waals surface area contributed by atoms with Crippen molar-refractivity contribution in [3.05, 3.63) is 124 Å². The van der Waals surface area contributed by atoms with E-state index in [0.717, 1.165) is 22.3 Å². The number of halogens is 2. The number of hydrogen-bond donors (Lipinski definition) is 2. The van der Waals surface area contributed by atoms with Crippen molar-refractivity contribution < 1.29 is 19.4 Å². The summed E-state index contributed by atoms with van der Waals surface area (Å²) < 4.78 is 7.38. The topological polar surface area (TPSA) is 92.9 Å². The predicted octanol–water partition coefficient (Wildman–Crippen LogP) is 6.31. The van der Waals surface area contributed by atoms with Crippen LogP contribution >= 0.6 is 23.2 Å². The van der Waals surface area contributed by atoms with E-state index in [1.54, 1.807) is 53.1 Å². The number of carboxylic acids is 1. The van der Waals surface area contributed by atoms with Gasteiger partial charge in [0.1, 0.15) is 29.2 Å². The SMILES string of the molecule is O=C(NC(Cc1ccc(OCc2ccccc2)cc1)C(=O)O)c1nc2ccc(-c3ccc(Cl)cc3)cn2c1Cl. The summed E-state index contributed by atoms with van der Waals surface area (Å²) in [5.41, 5.74) is 3.94. The lowest BCUT2D eigenvalue weighted by Gasteiger charge is -2.14. The first-order valence-electron chi connectivity index (χ1n) is 12.1. The second-order valence-corrected chi connectivity index (χ2v) is 9.69. The zero-order valence-corrected chi connectivity index (χ0v) is 22.1. The van der Waals surface area contributed by atoms with Gasteiger partial charge in [-0.3, -0.25) is 9.20 Å². The van der Waals surface area contributed by atoms with Gasteiger partial charge in [0, 0.05) is 17.6 Å². The molecule has 0 bridgehead atoms. The normalized spacial score (nSPS) is 11.7. The van der Waals surface area contributed by atoms with Gasteiger partial charge < -0.3 is 15.2 Å². The number of aliphatic carboxylic acids is 1. The smallest absolute Gasteiger partial charge is 0.326 e. The van der Waals surface area contributed by atoms with Crippen molar-refractivity contribution >= 4 is 40.7 Å². The fraction of sp³-hybridized carbons (Fsp3) is 0.100. The van der Waals surface area contributed by atoms with Gasteiger partial charge in [0.05, 0.1) is 0 Å². The summed E-state index contributed by atoms with van der Waals surface area (Å²) in [6, 6.07) is 26.6. The van der Waals surface area contributed by atoms with Crippen LogP contribution in [0.25, 0.3) is 16.8 Å². The number of benzene rings is 3. The molecule has 9 heteroatoms. The van der Waals surface area contributed by atoms with Crippen LogP contribution in [0.2, 0.25) is 10.2 Å². The summed E-state index contributed by atoms with van der Waals surface area (Å²) in [5, 5.41) is 13.0. The molecule has 1 amide bonds. The van der Waals surface area contributed by atoms with E-state index in [4.69, 9.17) is 27.9 Å². The number of aromatic nitrogens is 2. The van der Waals surface area contributed by atoms with Crippen LogP contribution in [-0.2, 0) is 17.8 Å². The van der Waals surface area contributed by atoms with E-state index in [1.165, 1.54) is 0 Å². The summed E-state index contributed by atoms with van der Waals surface area (Å²) >= 11 is 12.5. The van der Waals surface area contributed by atoms with Crippen LogP contribution < -0.4 is 10.1 Å². The maximum Gasteiger partial charge on any atom is 0.326 e. The lowest BCUT2D eigenvalue weighted by atomic mass is 10.1. The Labute approximate surface area is 234 Å². The molecular formula is C30H23Cl2N3O4. The fourth-order valence-electron chi connectivity index (χ4n) is 4.10. The van der Waals surface area contributed by atoms with Crippen LogP contribution in [0.3, 0.4) is 0 Å². The van der Waals surface area contributed by atoms with Crippen molar-refractivity contribution in [3.8, 4) is 16.9 Å². The van der Waals surface area contributed by atoms with Gasteiger partial charge in [0.25, 0.3) is 5.91 Å². The molecule has 0 aliphatic carbocycles. The van der Waals surface area contributed by atoms with Crippen LogP contribution in [-0.4, -0.2) is 32.4 Å². The number of rotatable bonds is 9. The molecule has 1 atom stereocenters. The molecular weight excluding hydrogens is 537 g/mol. The molecule has 0 saturated heterocycles. The number of amides is 1. The van der Waals surface area contributed by atoms with Gasteiger partial charge in [0.15, 0.2) is 5.69 Å². The average Bonchev–Trinajstić information content (AvgIpc) is 3.29. The van der Waals surface area contributed by atoms with Gasteiger partial charge in [-0.25, -0.2) is 9.78 Å². The minimum atomic E-state index is -1.18. The summed E-state index contributed by atoms with van der Waals surface area (Å²) in [7, 11) is 0. The molecule has 39 heavy (non-hydrogen) atoms. The Kier molecular flexibility index (Phi) is 7.81. The number of nitrogens with one attached hydrogen (secondary N) is 1. The molecule has 0 radical (unpaired) electrons. The molecule has 3 aromatic carbocycles. The number of imidazole rings is 1. The Bertz CT molecular complexity index is 1620. The second-order valence-electron chi connectivity index (χ2n) is 8.89. The van der Waals surface area contributed by atoms with E-state index in [9.17, 15) is 14.7 Å². The van der Waals surface area contributed by atoms with Crippen LogP contribution in [0, 0.1) is 0 Å². The highest BCUT2D eigenvalue weighted by molar-refractivity contribution is 6.33. The third-order valence-corrected chi connectivity index (χ3v) is 6.78. The molecule has 2 aromatic heterocycles. The predicted molar refractivity (Wildman–Crippen MR) is 150 cm³/mol. The Morgan fingerprint density at radius 3 is 2.26 bits per heavy atom. The molecule has 5 aromatic rings. The second kappa shape index (κ2) is 11.6. The molecule has 0 aliphatic rings. The third-order valence-electron chi connectivity index (χ3n) is 6.17. The van der Waals surface area contributed by atoms with E-state index in [-0.39, 0.29) is 17.3 Å². The molecule has 2 N–H and O–H groups in total. The van der Waals surface area contributed by atoms with E-state index in [1.807, 2.05) is 48.5 Å². The first-order chi connectivity index (χ1) is 18.9. The molecule has 0 spiro atoms. The Morgan fingerprint density at radius 1 is 0.872 bits per heavy atom. The lowest BCUT2D eigenvalue weighted by Crippen LogP contribution is -2.42. The van der Waals surface area contributed by atoms with E-state index in [0.29, 0.717) is 23.0 Å². The maximum atomic E-state index is 13.0. The summed E-state index contributed by atoms with van der Waals surface area (Å²) in [5.74, 6) is -1.18. The minimum Gasteiger partial charge on any atom is -0.489 e. The zero-order valence-electron chi connectivity index (χ0n) is 20.6. The highest BCUT2D eigenvalue weighted by Crippen LogP contribution is 2.26. The van der Waals surface area contributed by atoms with Crippen LogP contribution in [0.15, 0.2) is 97.2 Å². The minimum absolute atomic E-state index is 0.0548. The molecule has 1 unspecified atom stereocenters. The van der Waals surface area contributed by atoms with E-state index < -0.39 is 17.9 Å². The molecule has 7 nitrogen and oxygen atoms in total. The number of carboxylic acid groups (broad SMARTS) is 1. The van der Waals surface area contributed by atoms with Gasteiger partial charge in [-0.15, -0.1) is 0 Å². The van der Waals surface area contributed by atoms with Crippen LogP contribution in [0.1, 0.15) is 21.6 Å². The van der Waals surface area contributed by atoms with E-state index in [2.05, 4.69) is 10.3 Å². The Balaban J connectivity index is 1.27. The van der Waals surface area contributed by atoms with Gasteiger partial charge in [-0.2, -0.15) is 0 Å². The maximum absolute atomic E-state index is 13.0. The first kappa shape index (κ1) is 26.3. The Hall–Kier alpha value is -4.33. The summed E-state index contributed by atoms with van der Waals surface area (Å²) in [4.78, 5) is 29.3. The zero-order chi connectivity index (χ0) is 27.4. The number of fused-ring (bicyclic) bond motifs is 1. The fourth-order valence-corrected chi connectivity index (χ4v) is 4.49. The molecule has 2 heterocycles. The number of carbonyl (C=O) groups is 2. The molecule has 5 rings (SSSR count). The first-order valence-corrected chi connectivity index (χ1v) is 12.9. The van der Waals surface area contributed by atoms with Crippen LogP contribution in [0.4, 0.5) is 0 Å². The van der Waals surface area contributed by atoms with Gasteiger partial charge in [0.2, 0.25) is 0 Å². The largest absolute Gasteiger partial charge is 0.489 e. The standard InChI is InChI=1S/C30H23Cl2N3O4/c31-23-11-8-21(9-12-23)22-10-15-26-34-27(28(32)35(26)17-22)29(36)33-25(30(37)38)16-19-6-13-24(14-7-19)39-18-20-4-2-1-3-5-20/h1-15,17,25H,16,18H2,(H,33,36)(H,37,38). The van der Waals surface area contributed by atoms with Gasteiger partial charge in [-0.05, 0) is 58.7 Å². The molecule has 0 saturated carbocycles. The third kappa shape index (κ3) is 6.22. The lowest BCUT2D eigenvalue weighted by molar-refractivity contribution is -0.139. The van der Waals surface area contributed by atoms with Crippen molar-refractivity contribution in [2.75, 3.05) is 0 Å². The van der Waals surface area contributed by atoms with Crippen molar-refractivity contribution in [1.82, 2.24) is 14.7 Å². The van der Waals surface area contributed by atoms with Gasteiger partial charge in [-0.1, -0.05) is 77.8 Å². The molecule has 0 aliphatic heterocycles. The number of carbonyl (C=O) groups excluding carboxylic acids is 1. The highest BCUT2D eigenvalue weighted by atomic mass is 35.5. The number of nitrogens with zero attached hydrogens (tertiary/aromatic N) is 2. The van der Waals surface area contributed by atoms with Crippen LogP contribution in [0.5, 0.6) is 5.75 Å². The van der Waals surface area contributed by atoms with Crippen molar-refractivity contribution in [1.29, 1.82) is 0 Å². The monoisotopic (exact) mass is 559 g/mol. The number of ether oxygens (including phenoxy) is 1. The summed E-state index contributed by atoms with van der Waals surface area (Å²) in [6.45, 7) is 0.426. The number of hydrogen-bond acceptors (Lipinski definition) is 4. The summed E-state index contributed by atoms with van der Waals surface area (Å²) in [6.07, 6.45) is 1.84. The number of pyridine rings is 1. The average molecular weight is 560 g/mol. The van der Waals surface area contributed by atoms with Crippen molar-refractivity contribution in [3.63, 3.8) is 0 Å². The van der Waals surface area contributed by atoms with Gasteiger partial charge >= 0.3 is 5.97 Å². The quantitative estimate of drug-likeness (QED) is 0.220. The molecule has 0 fully saturated rings. The molecule has 196 valence electrons.